The molecule has 1 atom stereocenters. The minimum Gasteiger partial charge on any atom is -0.399 e. The van der Waals surface area contributed by atoms with Gasteiger partial charge < -0.3 is 11.5 Å². The van der Waals surface area contributed by atoms with Crippen LogP contribution in [0.15, 0.2) is 24.4 Å². The number of aromatic nitrogens is 2. The average molecular weight is 247 g/mol. The third-order valence-electron chi connectivity index (χ3n) is 2.62. The largest absolute Gasteiger partial charge is 0.399 e. The minimum absolute atomic E-state index is 0.519. The number of nitrogens with two attached hydrogens (primary N) is 2. The molecule has 1 aromatic heterocycles. The number of imide groups is 1. The number of nitrogen functional groups attached to an aromatic ring is 1. The van der Waals surface area contributed by atoms with Crippen LogP contribution in [0.2, 0.25) is 0 Å². The number of amides is 3. The van der Waals surface area contributed by atoms with Crippen LogP contribution in [0.1, 0.15) is 13.0 Å². The Morgan fingerprint density at radius 3 is 2.83 bits per heavy atom. The molecule has 0 radical (unpaired) electrons. The van der Waals surface area contributed by atoms with Gasteiger partial charge in [-0.1, -0.05) is 0 Å². The monoisotopic (exact) mass is 247 g/mol. The molecule has 5 N–H and O–H groups in total. The first-order chi connectivity index (χ1) is 8.49. The molecule has 0 aliphatic heterocycles. The molecule has 1 heterocycles. The SMILES string of the molecule is CC(C(=O)NC(N)=O)n1ncc2ccc(N)cc21. The predicted octanol–water partition coefficient (Wildman–Crippen LogP) is 0.374. The molecular formula is C11H13N5O2. The molecule has 7 heteroatoms. The van der Waals surface area contributed by atoms with E-state index < -0.39 is 18.0 Å². The van der Waals surface area contributed by atoms with E-state index in [-0.39, 0.29) is 0 Å². The molecule has 94 valence electrons. The molecule has 2 rings (SSSR count). The van der Waals surface area contributed by atoms with Gasteiger partial charge >= 0.3 is 6.03 Å². The molecule has 18 heavy (non-hydrogen) atoms. The third kappa shape index (κ3) is 2.10. The van der Waals surface area contributed by atoms with Crippen LogP contribution in [0.4, 0.5) is 10.5 Å². The number of fused-ring (bicyclic) bond motifs is 1. The molecule has 2 aromatic rings. The summed E-state index contributed by atoms with van der Waals surface area (Å²) in [6.07, 6.45) is 1.63. The first-order valence-electron chi connectivity index (χ1n) is 5.32. The molecule has 0 saturated carbocycles. The fraction of sp³-hybridized carbons (Fsp3) is 0.182. The number of hydrogen-bond donors (Lipinski definition) is 3. The zero-order valence-corrected chi connectivity index (χ0v) is 9.75. The fourth-order valence-electron chi connectivity index (χ4n) is 1.70. The summed E-state index contributed by atoms with van der Waals surface area (Å²) >= 11 is 0. The summed E-state index contributed by atoms with van der Waals surface area (Å²) in [5.41, 5.74) is 11.9. The van der Waals surface area contributed by atoms with Crippen LogP contribution in [-0.4, -0.2) is 21.7 Å². The van der Waals surface area contributed by atoms with Crippen molar-refractivity contribution in [3.05, 3.63) is 24.4 Å². The molecule has 1 unspecified atom stereocenters. The first kappa shape index (κ1) is 11.9. The highest BCUT2D eigenvalue weighted by Crippen LogP contribution is 2.20. The van der Waals surface area contributed by atoms with Gasteiger partial charge in [-0.2, -0.15) is 5.10 Å². The van der Waals surface area contributed by atoms with Crippen molar-refractivity contribution in [3.8, 4) is 0 Å². The topological polar surface area (TPSA) is 116 Å². The van der Waals surface area contributed by atoms with Gasteiger partial charge in [-0.25, -0.2) is 4.79 Å². The summed E-state index contributed by atoms with van der Waals surface area (Å²) in [5.74, 6) is -0.519. The summed E-state index contributed by atoms with van der Waals surface area (Å²) in [4.78, 5) is 22.3. The Balaban J connectivity index is 2.38. The zero-order chi connectivity index (χ0) is 13.3. The number of anilines is 1. The lowest BCUT2D eigenvalue weighted by atomic mass is 10.2. The van der Waals surface area contributed by atoms with Crippen molar-refractivity contribution in [2.45, 2.75) is 13.0 Å². The summed E-state index contributed by atoms with van der Waals surface area (Å²) < 4.78 is 1.49. The maximum absolute atomic E-state index is 11.7. The molecule has 0 aliphatic rings. The van der Waals surface area contributed by atoms with Crippen molar-refractivity contribution in [1.29, 1.82) is 0 Å². The number of primary amides is 1. The molecule has 1 aromatic carbocycles. The Bertz CT molecular complexity index is 619. The number of urea groups is 1. The van der Waals surface area contributed by atoms with E-state index in [1.54, 1.807) is 25.3 Å². The standard InChI is InChI=1S/C11H13N5O2/c1-6(10(17)15-11(13)18)16-9-4-8(12)3-2-7(9)5-14-16/h2-6H,12H2,1H3,(H3,13,15,17,18). The van der Waals surface area contributed by atoms with Crippen molar-refractivity contribution < 1.29 is 9.59 Å². The number of nitrogens with one attached hydrogen (secondary N) is 1. The van der Waals surface area contributed by atoms with Crippen LogP contribution >= 0.6 is 0 Å². The Morgan fingerprint density at radius 1 is 1.44 bits per heavy atom. The van der Waals surface area contributed by atoms with Crippen molar-refractivity contribution in [2.24, 2.45) is 5.73 Å². The molecule has 0 spiro atoms. The second-order valence-electron chi connectivity index (χ2n) is 3.94. The van der Waals surface area contributed by atoms with E-state index >= 15 is 0 Å². The number of rotatable bonds is 2. The molecule has 0 fully saturated rings. The summed E-state index contributed by atoms with van der Waals surface area (Å²) in [6, 6.07) is 3.74. The fourth-order valence-corrected chi connectivity index (χ4v) is 1.70. The predicted molar refractivity (Wildman–Crippen MR) is 66.6 cm³/mol. The van der Waals surface area contributed by atoms with Gasteiger partial charge in [0.25, 0.3) is 5.91 Å². The van der Waals surface area contributed by atoms with E-state index in [0.717, 1.165) is 10.9 Å². The van der Waals surface area contributed by atoms with E-state index in [1.807, 2.05) is 11.4 Å². The highest BCUT2D eigenvalue weighted by molar-refractivity contribution is 5.96. The maximum atomic E-state index is 11.7. The van der Waals surface area contributed by atoms with Crippen LogP contribution in [0.25, 0.3) is 10.9 Å². The van der Waals surface area contributed by atoms with Gasteiger partial charge in [0.2, 0.25) is 0 Å². The van der Waals surface area contributed by atoms with E-state index in [9.17, 15) is 9.59 Å². The Kier molecular flexibility index (Phi) is 2.88. The smallest absolute Gasteiger partial charge is 0.318 e. The zero-order valence-electron chi connectivity index (χ0n) is 9.75. The van der Waals surface area contributed by atoms with Gasteiger partial charge in [0.05, 0.1) is 11.7 Å². The van der Waals surface area contributed by atoms with E-state index in [2.05, 4.69) is 5.10 Å². The van der Waals surface area contributed by atoms with Gasteiger partial charge in [-0.3, -0.25) is 14.8 Å². The molecule has 7 nitrogen and oxygen atoms in total. The van der Waals surface area contributed by atoms with Gasteiger partial charge in [0.1, 0.15) is 6.04 Å². The van der Waals surface area contributed by atoms with E-state index in [4.69, 9.17) is 11.5 Å². The van der Waals surface area contributed by atoms with Gasteiger partial charge in [-0.05, 0) is 25.1 Å². The number of carbonyl (C=O) groups is 2. The Hall–Kier alpha value is -2.57. The average Bonchev–Trinajstić information content (AvgIpc) is 2.69. The van der Waals surface area contributed by atoms with Crippen molar-refractivity contribution >= 4 is 28.5 Å². The van der Waals surface area contributed by atoms with Crippen molar-refractivity contribution in [3.63, 3.8) is 0 Å². The van der Waals surface area contributed by atoms with Crippen LogP contribution in [0.5, 0.6) is 0 Å². The van der Waals surface area contributed by atoms with Gasteiger partial charge in [0.15, 0.2) is 0 Å². The summed E-state index contributed by atoms with van der Waals surface area (Å²) in [6.45, 7) is 1.62. The highest BCUT2D eigenvalue weighted by Gasteiger charge is 2.18. The van der Waals surface area contributed by atoms with Crippen LogP contribution < -0.4 is 16.8 Å². The maximum Gasteiger partial charge on any atom is 0.318 e. The van der Waals surface area contributed by atoms with E-state index in [1.165, 1.54) is 4.68 Å². The second kappa shape index (κ2) is 4.36. The quantitative estimate of drug-likeness (QED) is 0.665. The van der Waals surface area contributed by atoms with Crippen molar-refractivity contribution in [1.82, 2.24) is 15.1 Å². The van der Waals surface area contributed by atoms with Crippen molar-refractivity contribution in [2.75, 3.05) is 5.73 Å². The van der Waals surface area contributed by atoms with Gasteiger partial charge in [0, 0.05) is 11.1 Å². The molecule has 3 amide bonds. The van der Waals surface area contributed by atoms with E-state index in [0.29, 0.717) is 5.69 Å². The lowest BCUT2D eigenvalue weighted by Crippen LogP contribution is -2.39. The molecule has 0 bridgehead atoms. The van der Waals surface area contributed by atoms with Crippen LogP contribution in [0.3, 0.4) is 0 Å². The highest BCUT2D eigenvalue weighted by atomic mass is 16.2. The second-order valence-corrected chi connectivity index (χ2v) is 3.94. The molecular weight excluding hydrogens is 234 g/mol. The van der Waals surface area contributed by atoms with Crippen LogP contribution in [-0.2, 0) is 4.79 Å². The number of benzene rings is 1. The summed E-state index contributed by atoms with van der Waals surface area (Å²) in [5, 5.41) is 6.99. The van der Waals surface area contributed by atoms with Crippen LogP contribution in [0, 0.1) is 0 Å². The Labute approximate surface area is 103 Å². The Morgan fingerprint density at radius 2 is 2.17 bits per heavy atom. The normalized spacial score (nSPS) is 12.3. The minimum atomic E-state index is -0.886. The first-order valence-corrected chi connectivity index (χ1v) is 5.32. The lowest BCUT2D eigenvalue weighted by molar-refractivity contribution is -0.122. The lowest BCUT2D eigenvalue weighted by Gasteiger charge is -2.12. The number of hydrogen-bond acceptors (Lipinski definition) is 4. The molecule has 0 aliphatic carbocycles. The third-order valence-corrected chi connectivity index (χ3v) is 2.62. The van der Waals surface area contributed by atoms with Gasteiger partial charge in [-0.15, -0.1) is 0 Å². The molecule has 0 saturated heterocycles. The number of carbonyl (C=O) groups excluding carboxylic acids is 2. The summed E-state index contributed by atoms with van der Waals surface area (Å²) in [7, 11) is 0. The number of nitrogens with zero attached hydrogens (tertiary/aromatic N) is 2.